The molecule has 21 heteroatoms. The van der Waals surface area contributed by atoms with Gasteiger partial charge in [0, 0.05) is 57.3 Å². The van der Waals surface area contributed by atoms with Crippen LogP contribution in [0.3, 0.4) is 0 Å². The standard InChI is InChI=1S/C59H82O21/c1-24-13-30-7-9-34-25(2)14-32(66-34)11-12-58-55(64)59(65)54(80-58)53-52(79-59)51(78-58)50-35(70-53)10-8-31(68-50)15-45(63)73-49-29(6)48-40(69-39(49)17-36(67-30)28(24)5)18-38-42(72-48)22-57(74-38)23-43-47(77-57)27(4)21-56(76-43)20-26(3)46-41(75-56)16-33(60)37(71-46)19-44(61)62/h24,26-27,29-43,46-55,60,64-65H,2,5,7-23H2,1,3-4,6H3,(H,61,62)/t24-,26+,27+,29+,30-,31-,32+,33-,34+,35+,36+,37-,38-,39+,40+,41+,42-,43+,46+,47+,48+,49-,50+,51+,52?,53?,54?,55+,56-,57+,58-,59-/m1/s1. The van der Waals surface area contributed by atoms with E-state index in [1.54, 1.807) is 0 Å². The molecular formula is C59H82O21. The van der Waals surface area contributed by atoms with Crippen LogP contribution in [-0.4, -0.2) is 202 Å². The number of hydrogen-bond donors (Lipinski definition) is 4. The fourth-order valence-corrected chi connectivity index (χ4v) is 18.0. The average molecular weight is 1130 g/mol. The molecule has 0 aromatic carbocycles. The van der Waals surface area contributed by atoms with Crippen molar-refractivity contribution in [3.05, 3.63) is 24.3 Å². The molecule has 3 spiro atoms. The summed E-state index contributed by atoms with van der Waals surface area (Å²) in [4.78, 5) is 26.1. The molecule has 0 saturated carbocycles. The molecule has 80 heavy (non-hydrogen) atoms. The van der Waals surface area contributed by atoms with Gasteiger partial charge >= 0.3 is 11.9 Å². The molecular weight excluding hydrogens is 1040 g/mol. The van der Waals surface area contributed by atoms with Crippen molar-refractivity contribution in [1.82, 2.24) is 0 Å². The van der Waals surface area contributed by atoms with Gasteiger partial charge < -0.3 is 91.5 Å². The quantitative estimate of drug-likeness (QED) is 0.226. The summed E-state index contributed by atoms with van der Waals surface area (Å²) < 4.78 is 102. The molecule has 4 N–H and O–H groups in total. The number of carbonyl (C=O) groups is 2. The Labute approximate surface area is 466 Å². The number of esters is 1. The average Bonchev–Trinajstić information content (AvgIpc) is 4.26. The molecule has 16 saturated heterocycles. The van der Waals surface area contributed by atoms with E-state index < -0.39 is 121 Å². The second kappa shape index (κ2) is 19.6. The van der Waals surface area contributed by atoms with Crippen molar-refractivity contribution < 1.29 is 101 Å². The lowest BCUT2D eigenvalue weighted by molar-refractivity contribution is -0.371. The van der Waals surface area contributed by atoms with Gasteiger partial charge in [0.25, 0.3) is 0 Å². The number of carboxylic acid groups (broad SMARTS) is 1. The van der Waals surface area contributed by atoms with Gasteiger partial charge in [0.1, 0.15) is 36.6 Å². The number of aliphatic hydroxyl groups is 3. The van der Waals surface area contributed by atoms with E-state index in [4.69, 9.17) is 71.1 Å². The summed E-state index contributed by atoms with van der Waals surface area (Å²) in [6, 6.07) is 0. The number of ether oxygens (including phenoxy) is 15. The molecule has 0 aromatic rings. The molecule has 16 aliphatic heterocycles. The van der Waals surface area contributed by atoms with E-state index in [0.717, 1.165) is 24.0 Å². The summed E-state index contributed by atoms with van der Waals surface area (Å²) in [7, 11) is 0. The highest BCUT2D eigenvalue weighted by Gasteiger charge is 2.79. The highest BCUT2D eigenvalue weighted by atomic mass is 16.8. The van der Waals surface area contributed by atoms with Crippen LogP contribution in [0.4, 0.5) is 0 Å². The first-order valence-corrected chi connectivity index (χ1v) is 30.4. The van der Waals surface area contributed by atoms with E-state index in [1.165, 1.54) is 0 Å². The number of carbonyl (C=O) groups excluding carboxylic acids is 1. The Balaban J connectivity index is 0.666. The number of fused-ring (bicyclic) bond motifs is 10. The zero-order valence-corrected chi connectivity index (χ0v) is 46.3. The van der Waals surface area contributed by atoms with E-state index in [-0.39, 0.29) is 110 Å². The summed E-state index contributed by atoms with van der Waals surface area (Å²) in [5.74, 6) is -7.08. The van der Waals surface area contributed by atoms with Crippen LogP contribution in [0.2, 0.25) is 0 Å². The third-order valence-electron chi connectivity index (χ3n) is 21.8. The van der Waals surface area contributed by atoms with Gasteiger partial charge in [0.15, 0.2) is 17.7 Å². The maximum Gasteiger partial charge on any atom is 0.308 e. The van der Waals surface area contributed by atoms with Gasteiger partial charge in [0.05, 0.1) is 117 Å². The molecule has 0 radical (unpaired) electrons. The van der Waals surface area contributed by atoms with Crippen molar-refractivity contribution in [1.29, 1.82) is 0 Å². The van der Waals surface area contributed by atoms with Crippen LogP contribution >= 0.6 is 0 Å². The first kappa shape index (κ1) is 54.4. The van der Waals surface area contributed by atoms with E-state index in [9.17, 15) is 30.0 Å². The Kier molecular flexibility index (Phi) is 13.3. The number of hydrogen-bond acceptors (Lipinski definition) is 20. The molecule has 0 aromatic heterocycles. The van der Waals surface area contributed by atoms with Gasteiger partial charge in [-0.3, -0.25) is 9.59 Å². The predicted molar refractivity (Wildman–Crippen MR) is 271 cm³/mol. The molecule has 16 aliphatic rings. The maximum absolute atomic E-state index is 14.6. The number of aliphatic hydroxyl groups excluding tert-OH is 2. The lowest BCUT2D eigenvalue weighted by atomic mass is 9.78. The third kappa shape index (κ3) is 8.84. The molecule has 32 atom stereocenters. The van der Waals surface area contributed by atoms with E-state index in [1.807, 2.05) is 0 Å². The highest BCUT2D eigenvalue weighted by Crippen LogP contribution is 2.59. The lowest BCUT2D eigenvalue weighted by Gasteiger charge is -2.54. The van der Waals surface area contributed by atoms with E-state index in [0.29, 0.717) is 70.6 Å². The van der Waals surface area contributed by atoms with Crippen molar-refractivity contribution in [2.45, 2.75) is 306 Å². The van der Waals surface area contributed by atoms with Crippen LogP contribution in [0.25, 0.3) is 0 Å². The van der Waals surface area contributed by atoms with Gasteiger partial charge in [-0.1, -0.05) is 40.9 Å². The maximum atomic E-state index is 14.6. The number of aliphatic carboxylic acids is 1. The molecule has 16 fully saturated rings. The minimum Gasteiger partial charge on any atom is -0.481 e. The number of carboxylic acids is 1. The second-order valence-corrected chi connectivity index (χ2v) is 27.3. The predicted octanol–water partition coefficient (Wildman–Crippen LogP) is 3.95. The summed E-state index contributed by atoms with van der Waals surface area (Å²) in [5.41, 5.74) is 1.99. The van der Waals surface area contributed by atoms with Gasteiger partial charge in [-0.25, -0.2) is 0 Å². The van der Waals surface area contributed by atoms with Crippen molar-refractivity contribution in [2.24, 2.45) is 23.7 Å². The zero-order chi connectivity index (χ0) is 55.1. The van der Waals surface area contributed by atoms with Crippen LogP contribution in [0.5, 0.6) is 0 Å². The first-order chi connectivity index (χ1) is 38.2. The van der Waals surface area contributed by atoms with Crippen molar-refractivity contribution in [2.75, 3.05) is 0 Å². The Bertz CT molecular complexity index is 2460. The molecule has 16 heterocycles. The Morgan fingerprint density at radius 3 is 2.09 bits per heavy atom. The lowest BCUT2D eigenvalue weighted by Crippen LogP contribution is -2.63. The molecule has 21 nitrogen and oxygen atoms in total. The Morgan fingerprint density at radius 1 is 0.562 bits per heavy atom. The number of rotatable bonds is 2. The largest absolute Gasteiger partial charge is 0.481 e. The van der Waals surface area contributed by atoms with Crippen LogP contribution in [0, 0.1) is 23.7 Å². The molecule has 0 amide bonds. The van der Waals surface area contributed by atoms with Gasteiger partial charge in [-0.15, -0.1) is 0 Å². The Morgan fingerprint density at radius 2 is 1.26 bits per heavy atom. The van der Waals surface area contributed by atoms with Gasteiger partial charge in [-0.05, 0) is 73.8 Å². The fraction of sp³-hybridized carbons (Fsp3) is 0.898. The van der Waals surface area contributed by atoms with E-state index >= 15 is 0 Å². The van der Waals surface area contributed by atoms with Crippen molar-refractivity contribution in [3.8, 4) is 0 Å². The fourth-order valence-electron chi connectivity index (χ4n) is 18.0. The smallest absolute Gasteiger partial charge is 0.308 e. The van der Waals surface area contributed by atoms with Crippen LogP contribution in [0.15, 0.2) is 24.3 Å². The highest BCUT2D eigenvalue weighted by molar-refractivity contribution is 5.70. The van der Waals surface area contributed by atoms with Crippen LogP contribution < -0.4 is 0 Å². The SMILES string of the molecule is C=C1C[C@@H]2CC[C@]34OC5C6O[C@H]7CC[C@H](CC(=O)O[C@@H]8[C@@H](C)[C@@H]9O[C@@H]%10C[C@]%11(C[C@@H]%12O[C@]%13(C[C@H](C)[C@@H]%14O[C@H](CC(=O)O)[C@H](O)C[C@@H]%14O%13)C[C@H](C)[C@@H]%12O%11)O[C@@H]%10C[C@@H]9O[C@H]8C[C@@H]8O[C@H](CC[C@@H]1O2)C[C@@H](C)C8=C)O[C@@H]7[C@H](O3)C6O[C@@]5(O)[C@H]4O. The van der Waals surface area contributed by atoms with Crippen LogP contribution in [-0.2, 0) is 80.6 Å². The van der Waals surface area contributed by atoms with Gasteiger partial charge in [0.2, 0.25) is 11.6 Å². The summed E-state index contributed by atoms with van der Waals surface area (Å²) in [5, 5.41) is 44.2. The summed E-state index contributed by atoms with van der Waals surface area (Å²) in [6.45, 7) is 17.5. The monoisotopic (exact) mass is 1130 g/mol. The zero-order valence-electron chi connectivity index (χ0n) is 46.3. The summed E-state index contributed by atoms with van der Waals surface area (Å²) >= 11 is 0. The summed E-state index contributed by atoms with van der Waals surface area (Å²) in [6.07, 6.45) is -5.45. The van der Waals surface area contributed by atoms with E-state index in [2.05, 4.69) is 40.9 Å². The minimum atomic E-state index is -2.04. The third-order valence-corrected chi connectivity index (χ3v) is 21.8. The Hall–Kier alpha value is -2.26. The molecule has 3 unspecified atom stereocenters. The second-order valence-electron chi connectivity index (χ2n) is 27.3. The molecule has 12 bridgehead atoms. The van der Waals surface area contributed by atoms with Crippen molar-refractivity contribution >= 4 is 11.9 Å². The topological polar surface area (TPSA) is 254 Å². The van der Waals surface area contributed by atoms with Gasteiger partial charge in [-0.2, -0.15) is 0 Å². The normalized spacial score (nSPS) is 58.7. The van der Waals surface area contributed by atoms with Crippen LogP contribution in [0.1, 0.15) is 137 Å². The molecule has 0 aliphatic carbocycles. The first-order valence-electron chi connectivity index (χ1n) is 30.4. The minimum absolute atomic E-state index is 0.00631. The van der Waals surface area contributed by atoms with Crippen molar-refractivity contribution in [3.63, 3.8) is 0 Å². The molecule has 16 rings (SSSR count). The molecule has 444 valence electrons.